The predicted molar refractivity (Wildman–Crippen MR) is 70.2 cm³/mol. The Bertz CT molecular complexity index is 632. The van der Waals surface area contributed by atoms with Crippen molar-refractivity contribution in [2.45, 2.75) is 31.7 Å². The minimum Gasteiger partial charge on any atom is -0.357 e. The number of nitrogens with one attached hydrogen (secondary N) is 1. The first-order chi connectivity index (χ1) is 9.17. The van der Waals surface area contributed by atoms with Crippen LogP contribution in [-0.4, -0.2) is 23.0 Å². The van der Waals surface area contributed by atoms with Crippen molar-refractivity contribution in [3.8, 4) is 0 Å². The monoisotopic (exact) mass is 228 g/mol. The van der Waals surface area contributed by atoms with Gasteiger partial charge in [-0.25, -0.2) is 0 Å². The quantitative estimate of drug-likeness (QED) is 0.733. The van der Waals surface area contributed by atoms with Crippen LogP contribution in [-0.2, 0) is 6.42 Å². The van der Waals surface area contributed by atoms with Crippen LogP contribution >= 0.6 is 0 Å². The van der Waals surface area contributed by atoms with Gasteiger partial charge in [-0.2, -0.15) is 0 Å². The lowest BCUT2D eigenvalue weighted by Crippen LogP contribution is -2.38. The Morgan fingerprint density at radius 2 is 2.18 bits per heavy atom. The first kappa shape index (κ1) is 7.93. The highest BCUT2D eigenvalue weighted by molar-refractivity contribution is 5.85. The van der Waals surface area contributed by atoms with E-state index in [0.29, 0.717) is 6.42 Å². The molecule has 1 saturated heterocycles. The Morgan fingerprint density at radius 3 is 3.18 bits per heavy atom. The second kappa shape index (κ2) is 3.61. The highest BCUT2D eigenvalue weighted by Crippen LogP contribution is 2.38. The van der Waals surface area contributed by atoms with E-state index in [0.717, 1.165) is 37.1 Å². The fourth-order valence-electron chi connectivity index (χ4n) is 3.28. The first-order valence-corrected chi connectivity index (χ1v) is 6.50. The van der Waals surface area contributed by atoms with Gasteiger partial charge in [0.25, 0.3) is 0 Å². The minimum atomic E-state index is -1.12. The Labute approximate surface area is 104 Å². The minimum absolute atomic E-state index is 0.0857. The molecule has 4 rings (SSSR count). The molecule has 2 nitrogen and oxygen atoms in total. The van der Waals surface area contributed by atoms with Crippen LogP contribution in [0, 0.1) is 0 Å². The molecule has 0 saturated carbocycles. The summed E-state index contributed by atoms with van der Waals surface area (Å²) in [5, 5.41) is 1.28. The Morgan fingerprint density at radius 1 is 1.24 bits per heavy atom. The first-order valence-electron chi connectivity index (χ1n) is 7.50. The number of fused-ring (bicyclic) bond motifs is 5. The molecule has 1 unspecified atom stereocenters. The van der Waals surface area contributed by atoms with Crippen LogP contribution in [0.1, 0.15) is 39.3 Å². The van der Waals surface area contributed by atoms with Gasteiger partial charge in [-0.15, -0.1) is 0 Å². The molecule has 1 atom stereocenters. The molecule has 1 N–H and O–H groups in total. The molecule has 1 aromatic heterocycles. The summed E-state index contributed by atoms with van der Waals surface area (Å²) in [6.07, 6.45) is 1.56. The number of H-pyrrole nitrogens is 1. The van der Waals surface area contributed by atoms with Gasteiger partial charge in [0.2, 0.25) is 0 Å². The maximum atomic E-state index is 8.36. The highest BCUT2D eigenvalue weighted by atomic mass is 15.2. The number of para-hydroxylation sites is 1. The summed E-state index contributed by atoms with van der Waals surface area (Å²) >= 11 is 0. The van der Waals surface area contributed by atoms with Crippen LogP contribution in [0.4, 0.5) is 0 Å². The van der Waals surface area contributed by atoms with Crippen LogP contribution < -0.4 is 0 Å². The maximum absolute atomic E-state index is 8.36. The normalized spacial score (nSPS) is 29.3. The lowest BCUT2D eigenvalue weighted by Gasteiger charge is -2.39. The molecule has 17 heavy (non-hydrogen) atoms. The molecule has 2 heteroatoms. The van der Waals surface area contributed by atoms with Crippen molar-refractivity contribution in [1.29, 1.82) is 0 Å². The molecule has 88 valence electrons. The van der Waals surface area contributed by atoms with Crippen LogP contribution in [0.3, 0.4) is 0 Å². The Balaban J connectivity index is 1.93. The second-order valence-electron chi connectivity index (χ2n) is 5.06. The smallest absolute Gasteiger partial charge is 0.0501 e. The summed E-state index contributed by atoms with van der Waals surface area (Å²) in [5.74, 6) is 0. The van der Waals surface area contributed by atoms with Crippen molar-refractivity contribution in [3.05, 3.63) is 35.5 Å². The van der Waals surface area contributed by atoms with Gasteiger partial charge in [0, 0.05) is 25.9 Å². The predicted octanol–water partition coefficient (Wildman–Crippen LogP) is 3.25. The average Bonchev–Trinajstić information content (AvgIpc) is 2.76. The van der Waals surface area contributed by atoms with E-state index in [1.807, 2.05) is 6.07 Å². The number of nitrogens with zero attached hydrogens (tertiary/aromatic N) is 1. The third-order valence-corrected chi connectivity index (χ3v) is 4.09. The molecule has 0 radical (unpaired) electrons. The van der Waals surface area contributed by atoms with E-state index in [9.17, 15) is 0 Å². The number of hydrogen-bond acceptors (Lipinski definition) is 1. The average molecular weight is 228 g/mol. The molecular formula is C15H18N2. The van der Waals surface area contributed by atoms with Gasteiger partial charge in [-0.3, -0.25) is 4.90 Å². The summed E-state index contributed by atoms with van der Waals surface area (Å²) in [4.78, 5) is 5.81. The van der Waals surface area contributed by atoms with Gasteiger partial charge >= 0.3 is 0 Å². The van der Waals surface area contributed by atoms with E-state index in [2.05, 4.69) is 28.1 Å². The molecular weight excluding hydrogens is 208 g/mol. The van der Waals surface area contributed by atoms with Crippen LogP contribution in [0.5, 0.6) is 0 Å². The van der Waals surface area contributed by atoms with Crippen molar-refractivity contribution >= 4 is 10.9 Å². The van der Waals surface area contributed by atoms with Gasteiger partial charge in [-0.1, -0.05) is 24.6 Å². The number of piperidine rings is 1. The van der Waals surface area contributed by atoms with E-state index in [1.165, 1.54) is 10.9 Å². The SMILES string of the molecule is [2H]C1([2H])CCCN2CCc3c([nH]c4ccccc34)C21. The topological polar surface area (TPSA) is 19.0 Å². The summed E-state index contributed by atoms with van der Waals surface area (Å²) in [5.41, 5.74) is 3.61. The number of aromatic nitrogens is 1. The summed E-state index contributed by atoms with van der Waals surface area (Å²) in [6, 6.07) is 8.27. The summed E-state index contributed by atoms with van der Waals surface area (Å²) in [6.45, 7) is 2.01. The van der Waals surface area contributed by atoms with Crippen molar-refractivity contribution in [3.63, 3.8) is 0 Å². The molecule has 3 heterocycles. The lowest BCUT2D eigenvalue weighted by molar-refractivity contribution is 0.136. The summed E-state index contributed by atoms with van der Waals surface area (Å²) < 4.78 is 16.7. The van der Waals surface area contributed by atoms with E-state index in [-0.39, 0.29) is 6.04 Å². The largest absolute Gasteiger partial charge is 0.357 e. The van der Waals surface area contributed by atoms with Gasteiger partial charge in [0.1, 0.15) is 0 Å². The van der Waals surface area contributed by atoms with Gasteiger partial charge in [0.05, 0.1) is 6.04 Å². The third kappa shape index (κ3) is 1.37. The number of rotatable bonds is 0. The molecule has 0 bridgehead atoms. The zero-order chi connectivity index (χ0) is 13.0. The molecule has 2 aromatic rings. The molecule has 2 aliphatic rings. The van der Waals surface area contributed by atoms with Crippen LogP contribution in [0.25, 0.3) is 10.9 Å². The summed E-state index contributed by atoms with van der Waals surface area (Å²) in [7, 11) is 0. The van der Waals surface area contributed by atoms with E-state index >= 15 is 0 Å². The fraction of sp³-hybridized carbons (Fsp3) is 0.467. The fourth-order valence-corrected chi connectivity index (χ4v) is 3.28. The van der Waals surface area contributed by atoms with Gasteiger partial charge < -0.3 is 4.98 Å². The molecule has 0 aliphatic carbocycles. The van der Waals surface area contributed by atoms with Gasteiger partial charge in [-0.05, 0) is 37.4 Å². The Kier molecular flexibility index (Phi) is 1.68. The zero-order valence-electron chi connectivity index (χ0n) is 11.9. The van der Waals surface area contributed by atoms with E-state index < -0.39 is 6.37 Å². The van der Waals surface area contributed by atoms with Crippen LogP contribution in [0.2, 0.25) is 0 Å². The number of hydrogen-bond donors (Lipinski definition) is 1. The van der Waals surface area contributed by atoms with Crippen molar-refractivity contribution in [1.82, 2.24) is 9.88 Å². The third-order valence-electron chi connectivity index (χ3n) is 4.09. The van der Waals surface area contributed by atoms with Crippen molar-refractivity contribution in [2.24, 2.45) is 0 Å². The standard InChI is InChI=1S/C15H18N2/c1-2-6-13-11(5-1)12-8-10-17-9-4-3-7-14(17)15(12)16-13/h1-2,5-6,14,16H,3-4,7-10H2/i7D2. The van der Waals surface area contributed by atoms with E-state index in [4.69, 9.17) is 2.74 Å². The molecule has 2 aliphatic heterocycles. The molecule has 0 amide bonds. The Hall–Kier alpha value is -1.28. The number of benzene rings is 1. The molecule has 1 fully saturated rings. The number of aromatic amines is 1. The maximum Gasteiger partial charge on any atom is 0.0501 e. The second-order valence-corrected chi connectivity index (χ2v) is 5.06. The molecule has 1 aromatic carbocycles. The molecule has 0 spiro atoms. The van der Waals surface area contributed by atoms with E-state index in [1.54, 1.807) is 0 Å². The van der Waals surface area contributed by atoms with Gasteiger partial charge in [0.15, 0.2) is 0 Å². The van der Waals surface area contributed by atoms with Crippen molar-refractivity contribution in [2.75, 3.05) is 13.1 Å². The lowest BCUT2D eigenvalue weighted by atomic mass is 9.91. The zero-order valence-corrected chi connectivity index (χ0v) is 9.87. The van der Waals surface area contributed by atoms with Crippen molar-refractivity contribution < 1.29 is 2.74 Å². The highest BCUT2D eigenvalue weighted by Gasteiger charge is 2.31. The van der Waals surface area contributed by atoms with Crippen LogP contribution in [0.15, 0.2) is 24.3 Å².